The average molecular weight is 281 g/mol. The summed E-state index contributed by atoms with van der Waals surface area (Å²) in [7, 11) is 0. The quantitative estimate of drug-likeness (QED) is 0.729. The summed E-state index contributed by atoms with van der Waals surface area (Å²) in [6, 6.07) is 0.536. The molecule has 1 N–H and O–H groups in total. The molecule has 1 saturated heterocycles. The summed E-state index contributed by atoms with van der Waals surface area (Å²) in [5, 5.41) is 8.81. The SMILES string of the molecule is O=C1CCCCC1C1CCCCN1CCCCCCO. The van der Waals surface area contributed by atoms with Gasteiger partial charge in [0.05, 0.1) is 0 Å². The van der Waals surface area contributed by atoms with E-state index in [9.17, 15) is 4.79 Å². The first-order valence-electron chi connectivity index (χ1n) is 8.70. The Kier molecular flexibility index (Phi) is 7.01. The molecular weight excluding hydrogens is 250 g/mol. The minimum Gasteiger partial charge on any atom is -0.396 e. The minimum atomic E-state index is 0.322. The van der Waals surface area contributed by atoms with Gasteiger partial charge in [0.25, 0.3) is 0 Å². The highest BCUT2D eigenvalue weighted by atomic mass is 16.2. The van der Waals surface area contributed by atoms with Crippen LogP contribution in [0.15, 0.2) is 0 Å². The molecule has 0 spiro atoms. The van der Waals surface area contributed by atoms with Crippen molar-refractivity contribution in [3.05, 3.63) is 0 Å². The van der Waals surface area contributed by atoms with Crippen molar-refractivity contribution >= 4 is 5.78 Å². The number of aliphatic hydroxyl groups is 1. The van der Waals surface area contributed by atoms with Crippen molar-refractivity contribution < 1.29 is 9.90 Å². The zero-order chi connectivity index (χ0) is 14.2. The number of hydrogen-bond acceptors (Lipinski definition) is 3. The molecule has 0 radical (unpaired) electrons. The Labute approximate surface area is 123 Å². The van der Waals surface area contributed by atoms with Crippen molar-refractivity contribution in [3.63, 3.8) is 0 Å². The Balaban J connectivity index is 1.80. The molecular formula is C17H31NO2. The number of carbonyl (C=O) groups is 1. The van der Waals surface area contributed by atoms with Gasteiger partial charge in [-0.15, -0.1) is 0 Å². The standard InChI is InChI=1S/C17H31NO2/c19-14-8-2-1-6-12-18-13-7-5-10-16(18)15-9-3-4-11-17(15)20/h15-16,19H,1-14H2. The smallest absolute Gasteiger partial charge is 0.137 e. The molecule has 116 valence electrons. The maximum atomic E-state index is 12.2. The van der Waals surface area contributed by atoms with Gasteiger partial charge in [-0.3, -0.25) is 9.69 Å². The summed E-state index contributed by atoms with van der Waals surface area (Å²) in [6.07, 6.45) is 12.6. The van der Waals surface area contributed by atoms with Gasteiger partial charge in [-0.1, -0.05) is 25.7 Å². The van der Waals surface area contributed by atoms with Crippen molar-refractivity contribution in [3.8, 4) is 0 Å². The summed E-state index contributed by atoms with van der Waals surface area (Å²) in [5.74, 6) is 0.870. The van der Waals surface area contributed by atoms with Gasteiger partial charge >= 0.3 is 0 Å². The lowest BCUT2D eigenvalue weighted by Crippen LogP contribution is -2.47. The number of carbonyl (C=O) groups excluding carboxylic acids is 1. The molecule has 3 heteroatoms. The zero-order valence-corrected chi connectivity index (χ0v) is 12.9. The summed E-state index contributed by atoms with van der Waals surface area (Å²) in [5.41, 5.74) is 0. The molecule has 1 aliphatic carbocycles. The molecule has 2 fully saturated rings. The molecule has 2 aliphatic rings. The molecule has 0 aromatic heterocycles. The first-order valence-corrected chi connectivity index (χ1v) is 8.70. The lowest BCUT2D eigenvalue weighted by atomic mass is 9.79. The molecule has 2 rings (SSSR count). The van der Waals surface area contributed by atoms with Crippen LogP contribution in [0.1, 0.15) is 70.6 Å². The molecule has 0 bridgehead atoms. The lowest BCUT2D eigenvalue weighted by Gasteiger charge is -2.41. The maximum absolute atomic E-state index is 12.2. The third-order valence-corrected chi connectivity index (χ3v) is 5.08. The van der Waals surface area contributed by atoms with E-state index in [1.807, 2.05) is 0 Å². The van der Waals surface area contributed by atoms with Crippen molar-refractivity contribution in [2.24, 2.45) is 5.92 Å². The van der Waals surface area contributed by atoms with E-state index in [0.717, 1.165) is 38.6 Å². The Morgan fingerprint density at radius 2 is 1.80 bits per heavy atom. The summed E-state index contributed by atoms with van der Waals surface area (Å²) in [6.45, 7) is 2.66. The van der Waals surface area contributed by atoms with Crippen LogP contribution >= 0.6 is 0 Å². The van der Waals surface area contributed by atoms with Crippen LogP contribution in [-0.2, 0) is 4.79 Å². The number of likely N-dealkylation sites (tertiary alicyclic amines) is 1. The van der Waals surface area contributed by atoms with Crippen LogP contribution in [0.5, 0.6) is 0 Å². The normalized spacial score (nSPS) is 28.8. The van der Waals surface area contributed by atoms with Crippen molar-refractivity contribution in [2.75, 3.05) is 19.7 Å². The van der Waals surface area contributed by atoms with E-state index in [1.54, 1.807) is 0 Å². The van der Waals surface area contributed by atoms with E-state index < -0.39 is 0 Å². The second-order valence-corrected chi connectivity index (χ2v) is 6.56. The van der Waals surface area contributed by atoms with Crippen LogP contribution in [0.4, 0.5) is 0 Å². The Hall–Kier alpha value is -0.410. The van der Waals surface area contributed by atoms with Gasteiger partial charge in [0.15, 0.2) is 0 Å². The summed E-state index contributed by atoms with van der Waals surface area (Å²) >= 11 is 0. The Bertz CT molecular complexity index is 293. The monoisotopic (exact) mass is 281 g/mol. The van der Waals surface area contributed by atoms with Crippen LogP contribution in [-0.4, -0.2) is 41.5 Å². The predicted octanol–water partition coefficient (Wildman–Crippen LogP) is 3.15. The van der Waals surface area contributed by atoms with E-state index in [4.69, 9.17) is 5.11 Å². The summed E-state index contributed by atoms with van der Waals surface area (Å²) < 4.78 is 0. The molecule has 0 amide bonds. The van der Waals surface area contributed by atoms with Crippen LogP contribution in [0.3, 0.4) is 0 Å². The fourth-order valence-corrected chi connectivity index (χ4v) is 3.95. The first kappa shape index (κ1) is 16.0. The second-order valence-electron chi connectivity index (χ2n) is 6.56. The lowest BCUT2D eigenvalue weighted by molar-refractivity contribution is -0.127. The molecule has 20 heavy (non-hydrogen) atoms. The largest absolute Gasteiger partial charge is 0.396 e. The molecule has 0 aromatic carbocycles. The van der Waals surface area contributed by atoms with E-state index in [0.29, 0.717) is 24.3 Å². The van der Waals surface area contributed by atoms with Gasteiger partial charge in [-0.2, -0.15) is 0 Å². The molecule has 3 nitrogen and oxygen atoms in total. The molecule has 0 aromatic rings. The number of hydrogen-bond donors (Lipinski definition) is 1. The van der Waals surface area contributed by atoms with Crippen LogP contribution in [0.2, 0.25) is 0 Å². The first-order chi connectivity index (χ1) is 9.83. The van der Waals surface area contributed by atoms with E-state index >= 15 is 0 Å². The van der Waals surface area contributed by atoms with Gasteiger partial charge in [-0.05, 0) is 51.6 Å². The van der Waals surface area contributed by atoms with Crippen LogP contribution < -0.4 is 0 Å². The number of unbranched alkanes of at least 4 members (excludes halogenated alkanes) is 3. The van der Waals surface area contributed by atoms with Gasteiger partial charge in [0.2, 0.25) is 0 Å². The second kappa shape index (κ2) is 8.78. The molecule has 1 aliphatic heterocycles. The number of Topliss-reactive ketones (excluding diaryl/α,β-unsaturated/α-hetero) is 1. The number of piperidine rings is 1. The van der Waals surface area contributed by atoms with Crippen molar-refractivity contribution in [1.29, 1.82) is 0 Å². The van der Waals surface area contributed by atoms with Gasteiger partial charge in [-0.25, -0.2) is 0 Å². The third kappa shape index (κ3) is 4.56. The fraction of sp³-hybridized carbons (Fsp3) is 0.941. The Morgan fingerprint density at radius 1 is 1.00 bits per heavy atom. The van der Waals surface area contributed by atoms with Crippen LogP contribution in [0, 0.1) is 5.92 Å². The number of rotatable bonds is 7. The van der Waals surface area contributed by atoms with Gasteiger partial charge in [0.1, 0.15) is 5.78 Å². The summed E-state index contributed by atoms with van der Waals surface area (Å²) in [4.78, 5) is 14.8. The number of ketones is 1. The highest BCUT2D eigenvalue weighted by Crippen LogP contribution is 2.31. The zero-order valence-electron chi connectivity index (χ0n) is 12.9. The van der Waals surface area contributed by atoms with Gasteiger partial charge < -0.3 is 5.11 Å². The Morgan fingerprint density at radius 3 is 2.60 bits per heavy atom. The van der Waals surface area contributed by atoms with E-state index in [1.165, 1.54) is 45.1 Å². The third-order valence-electron chi connectivity index (χ3n) is 5.08. The number of nitrogens with zero attached hydrogens (tertiary/aromatic N) is 1. The van der Waals surface area contributed by atoms with Crippen molar-refractivity contribution in [2.45, 2.75) is 76.7 Å². The van der Waals surface area contributed by atoms with E-state index in [2.05, 4.69) is 4.90 Å². The topological polar surface area (TPSA) is 40.5 Å². The van der Waals surface area contributed by atoms with Crippen LogP contribution in [0.25, 0.3) is 0 Å². The maximum Gasteiger partial charge on any atom is 0.137 e. The number of aliphatic hydroxyl groups excluding tert-OH is 1. The molecule has 2 unspecified atom stereocenters. The average Bonchev–Trinajstić information content (AvgIpc) is 2.48. The molecule has 1 heterocycles. The highest BCUT2D eigenvalue weighted by molar-refractivity contribution is 5.82. The predicted molar refractivity (Wildman–Crippen MR) is 81.7 cm³/mol. The van der Waals surface area contributed by atoms with Crippen molar-refractivity contribution in [1.82, 2.24) is 4.90 Å². The fourth-order valence-electron chi connectivity index (χ4n) is 3.95. The molecule has 2 atom stereocenters. The highest BCUT2D eigenvalue weighted by Gasteiger charge is 2.34. The van der Waals surface area contributed by atoms with Gasteiger partial charge in [0, 0.05) is 25.0 Å². The molecule has 1 saturated carbocycles. The van der Waals surface area contributed by atoms with E-state index in [-0.39, 0.29) is 0 Å². The minimum absolute atomic E-state index is 0.322.